The second-order valence-corrected chi connectivity index (χ2v) is 6.95. The Balaban J connectivity index is 3.03. The summed E-state index contributed by atoms with van der Waals surface area (Å²) in [7, 11) is 0. The number of carbonyl (C=O) groups is 2. The van der Waals surface area contributed by atoms with E-state index in [4.69, 9.17) is 21.1 Å². The summed E-state index contributed by atoms with van der Waals surface area (Å²) in [5.74, 6) is -0.724. The summed E-state index contributed by atoms with van der Waals surface area (Å²) in [4.78, 5) is 27.2. The number of halogens is 1. The number of thioether (sulfide) groups is 2. The topological polar surface area (TPSA) is 89.3 Å². The fourth-order valence-electron chi connectivity index (χ4n) is 1.59. The van der Waals surface area contributed by atoms with Gasteiger partial charge in [0.25, 0.3) is 0 Å². The first kappa shape index (κ1) is 21.4. The van der Waals surface area contributed by atoms with Gasteiger partial charge in [-0.25, -0.2) is 4.98 Å². The van der Waals surface area contributed by atoms with Crippen LogP contribution in [0.4, 0.5) is 0 Å². The van der Waals surface area contributed by atoms with Crippen LogP contribution in [0.1, 0.15) is 19.4 Å². The van der Waals surface area contributed by atoms with E-state index >= 15 is 0 Å². The van der Waals surface area contributed by atoms with E-state index in [1.54, 1.807) is 26.0 Å². The highest BCUT2D eigenvalue weighted by Gasteiger charge is 2.16. The molecule has 1 aromatic heterocycles. The van der Waals surface area contributed by atoms with E-state index in [-0.39, 0.29) is 24.7 Å². The Morgan fingerprint density at radius 2 is 1.72 bits per heavy atom. The van der Waals surface area contributed by atoms with Crippen LogP contribution in [0, 0.1) is 11.3 Å². The fraction of sp³-hybridized carbons (Fsp3) is 0.375. The Morgan fingerprint density at radius 3 is 2.12 bits per heavy atom. The summed E-state index contributed by atoms with van der Waals surface area (Å²) in [6.07, 6.45) is 1.47. The number of aromatic nitrogens is 1. The zero-order valence-electron chi connectivity index (χ0n) is 13.8. The van der Waals surface area contributed by atoms with Crippen LogP contribution in [0.2, 0.25) is 5.15 Å². The molecule has 0 saturated carbocycles. The molecule has 0 aliphatic heterocycles. The van der Waals surface area contributed by atoms with Crippen LogP contribution in [0.15, 0.2) is 22.6 Å². The normalized spacial score (nSPS) is 9.84. The van der Waals surface area contributed by atoms with E-state index in [1.807, 2.05) is 0 Å². The number of carbonyl (C=O) groups excluding carboxylic acids is 2. The third-order valence-electron chi connectivity index (χ3n) is 2.58. The molecule has 0 aliphatic carbocycles. The molecule has 0 bridgehead atoms. The van der Waals surface area contributed by atoms with Crippen molar-refractivity contribution in [3.05, 3.63) is 33.3 Å². The lowest BCUT2D eigenvalue weighted by molar-refractivity contribution is -0.140. The van der Waals surface area contributed by atoms with Gasteiger partial charge in [0, 0.05) is 11.8 Å². The molecule has 0 atom stereocenters. The maximum atomic E-state index is 11.6. The van der Waals surface area contributed by atoms with Crippen LogP contribution in [-0.4, -0.2) is 41.6 Å². The number of hydrogen-bond donors (Lipinski definition) is 0. The quantitative estimate of drug-likeness (QED) is 0.353. The highest BCUT2D eigenvalue weighted by Crippen LogP contribution is 2.36. The number of nitriles is 1. The van der Waals surface area contributed by atoms with Crippen LogP contribution < -0.4 is 0 Å². The molecule has 0 N–H and O–H groups in total. The zero-order chi connectivity index (χ0) is 18.7. The second kappa shape index (κ2) is 11.8. The summed E-state index contributed by atoms with van der Waals surface area (Å²) in [5, 5.41) is 9.84. The molecule has 0 amide bonds. The summed E-state index contributed by atoms with van der Waals surface area (Å²) in [6, 6.07) is 5.32. The number of nitrogens with zero attached hydrogens (tertiary/aromatic N) is 2. The van der Waals surface area contributed by atoms with Crippen LogP contribution in [-0.2, 0) is 19.1 Å². The van der Waals surface area contributed by atoms with Gasteiger partial charge in [-0.3, -0.25) is 9.59 Å². The van der Waals surface area contributed by atoms with Crippen LogP contribution in [0.25, 0.3) is 5.57 Å². The Morgan fingerprint density at radius 1 is 1.16 bits per heavy atom. The first-order valence-electron chi connectivity index (χ1n) is 7.34. The van der Waals surface area contributed by atoms with Crippen molar-refractivity contribution in [3.8, 4) is 6.07 Å². The van der Waals surface area contributed by atoms with Crippen LogP contribution in [0.5, 0.6) is 0 Å². The number of hydrogen-bond acceptors (Lipinski definition) is 8. The summed E-state index contributed by atoms with van der Waals surface area (Å²) in [5.41, 5.74) is 0.863. The van der Waals surface area contributed by atoms with E-state index in [0.717, 1.165) is 23.5 Å². The number of allylic oxidation sites excluding steroid dienone is 1. The number of ether oxygens (including phenoxy) is 2. The van der Waals surface area contributed by atoms with Gasteiger partial charge in [0.15, 0.2) is 0 Å². The molecule has 0 spiro atoms. The van der Waals surface area contributed by atoms with E-state index in [0.29, 0.717) is 20.5 Å². The third kappa shape index (κ3) is 7.82. The van der Waals surface area contributed by atoms with Crippen molar-refractivity contribution in [2.24, 2.45) is 0 Å². The van der Waals surface area contributed by atoms with Gasteiger partial charge in [0.1, 0.15) is 11.2 Å². The van der Waals surface area contributed by atoms with Crippen molar-refractivity contribution >= 4 is 52.6 Å². The molecule has 25 heavy (non-hydrogen) atoms. The molecule has 6 nitrogen and oxygen atoms in total. The Bertz CT molecular complexity index is 648. The largest absolute Gasteiger partial charge is 0.465 e. The lowest BCUT2D eigenvalue weighted by atomic mass is 10.1. The summed E-state index contributed by atoms with van der Waals surface area (Å²) >= 11 is 8.05. The maximum absolute atomic E-state index is 11.6. The lowest BCUT2D eigenvalue weighted by Crippen LogP contribution is -2.08. The molecule has 134 valence electrons. The van der Waals surface area contributed by atoms with Crippen molar-refractivity contribution in [3.63, 3.8) is 0 Å². The Kier molecular flexibility index (Phi) is 10.1. The average Bonchev–Trinajstić information content (AvgIpc) is 2.59. The van der Waals surface area contributed by atoms with E-state index in [2.05, 4.69) is 11.1 Å². The Hall–Kier alpha value is -1.69. The molecular formula is C16H17ClN2O4S2. The van der Waals surface area contributed by atoms with Crippen molar-refractivity contribution < 1.29 is 19.1 Å². The molecule has 0 aliphatic rings. The number of pyridine rings is 1. The second-order valence-electron chi connectivity index (χ2n) is 4.33. The molecule has 0 unspecified atom stereocenters. The van der Waals surface area contributed by atoms with E-state index in [1.165, 1.54) is 6.20 Å². The van der Waals surface area contributed by atoms with Gasteiger partial charge >= 0.3 is 11.9 Å². The fourth-order valence-corrected chi connectivity index (χ4v) is 3.67. The SMILES string of the molecule is CCOC(=O)CSC(SCC(=O)OCC)=C(C#N)c1ccc(Cl)nc1. The zero-order valence-corrected chi connectivity index (χ0v) is 16.2. The predicted molar refractivity (Wildman–Crippen MR) is 100.0 cm³/mol. The molecule has 9 heteroatoms. The smallest absolute Gasteiger partial charge is 0.316 e. The molecule has 1 rings (SSSR count). The first-order chi connectivity index (χ1) is 12.0. The van der Waals surface area contributed by atoms with Crippen molar-refractivity contribution in [2.45, 2.75) is 13.8 Å². The minimum absolute atomic E-state index is 0.0329. The summed E-state index contributed by atoms with van der Waals surface area (Å²) < 4.78 is 10.3. The van der Waals surface area contributed by atoms with E-state index in [9.17, 15) is 14.9 Å². The van der Waals surface area contributed by atoms with Crippen molar-refractivity contribution in [2.75, 3.05) is 24.7 Å². The lowest BCUT2D eigenvalue weighted by Gasteiger charge is -2.10. The molecule has 0 fully saturated rings. The molecule has 1 aromatic rings. The van der Waals surface area contributed by atoms with E-state index < -0.39 is 11.9 Å². The molecule has 0 radical (unpaired) electrons. The van der Waals surface area contributed by atoms with Gasteiger partial charge in [-0.15, -0.1) is 23.5 Å². The Labute approximate surface area is 159 Å². The molecule has 1 heterocycles. The predicted octanol–water partition coefficient (Wildman–Crippen LogP) is 3.52. The highest BCUT2D eigenvalue weighted by atomic mass is 35.5. The number of esters is 2. The van der Waals surface area contributed by atoms with Gasteiger partial charge in [-0.1, -0.05) is 11.6 Å². The van der Waals surface area contributed by atoms with Gasteiger partial charge < -0.3 is 9.47 Å². The van der Waals surface area contributed by atoms with Gasteiger partial charge in [-0.05, 0) is 26.0 Å². The minimum atomic E-state index is -0.395. The standard InChI is InChI=1S/C16H17ClN2O4S2/c1-3-22-14(20)9-24-16(25-10-15(21)23-4-2)12(7-18)11-5-6-13(17)19-8-11/h5-6,8H,3-4,9-10H2,1-2H3. The van der Waals surface area contributed by atoms with Crippen molar-refractivity contribution in [1.29, 1.82) is 5.26 Å². The monoisotopic (exact) mass is 400 g/mol. The highest BCUT2D eigenvalue weighted by molar-refractivity contribution is 8.23. The average molecular weight is 401 g/mol. The molecule has 0 aromatic carbocycles. The summed E-state index contributed by atoms with van der Waals surface area (Å²) in [6.45, 7) is 3.99. The minimum Gasteiger partial charge on any atom is -0.465 e. The van der Waals surface area contributed by atoms with Crippen LogP contribution >= 0.6 is 35.1 Å². The molecule has 0 saturated heterocycles. The van der Waals surface area contributed by atoms with Crippen LogP contribution in [0.3, 0.4) is 0 Å². The van der Waals surface area contributed by atoms with Gasteiger partial charge in [0.05, 0.1) is 34.5 Å². The van der Waals surface area contributed by atoms with Gasteiger partial charge in [-0.2, -0.15) is 5.26 Å². The maximum Gasteiger partial charge on any atom is 0.316 e. The van der Waals surface area contributed by atoms with Crippen molar-refractivity contribution in [1.82, 2.24) is 4.98 Å². The first-order valence-corrected chi connectivity index (χ1v) is 9.69. The molecular weight excluding hydrogens is 384 g/mol. The number of rotatable bonds is 9. The van der Waals surface area contributed by atoms with Gasteiger partial charge in [0.2, 0.25) is 0 Å². The third-order valence-corrected chi connectivity index (χ3v) is 5.21.